The van der Waals surface area contributed by atoms with E-state index in [0.717, 1.165) is 6.42 Å². The summed E-state index contributed by atoms with van der Waals surface area (Å²) in [5, 5.41) is 2.86. The molecule has 1 amide bonds. The van der Waals surface area contributed by atoms with Gasteiger partial charge in [0.05, 0.1) is 0 Å². The molecule has 0 saturated heterocycles. The number of aromatic amines is 1. The minimum absolute atomic E-state index is 0.0330. The van der Waals surface area contributed by atoms with Crippen molar-refractivity contribution in [1.82, 2.24) is 10.3 Å². The van der Waals surface area contributed by atoms with Crippen molar-refractivity contribution in [3.8, 4) is 0 Å². The molecule has 1 rings (SSSR count). The average molecular weight is 166 g/mol. The van der Waals surface area contributed by atoms with E-state index in [1.54, 1.807) is 12.3 Å². The molecular formula is C9H14N2O. The first-order valence-electron chi connectivity index (χ1n) is 4.18. The van der Waals surface area contributed by atoms with E-state index < -0.39 is 0 Å². The summed E-state index contributed by atoms with van der Waals surface area (Å²) in [5.41, 5.74) is 0.621. The molecule has 0 aromatic carbocycles. The Bertz CT molecular complexity index is 241. The van der Waals surface area contributed by atoms with Gasteiger partial charge in [0.2, 0.25) is 0 Å². The van der Waals surface area contributed by atoms with Crippen LogP contribution in [-0.4, -0.2) is 16.9 Å². The smallest absolute Gasteiger partial charge is 0.267 e. The molecule has 0 unspecified atom stereocenters. The van der Waals surface area contributed by atoms with Gasteiger partial charge in [0, 0.05) is 12.2 Å². The summed E-state index contributed by atoms with van der Waals surface area (Å²) in [7, 11) is 0. The molecule has 3 nitrogen and oxygen atoms in total. The minimum Gasteiger partial charge on any atom is -0.357 e. The molecule has 1 aromatic heterocycles. The van der Waals surface area contributed by atoms with Crippen molar-refractivity contribution in [2.24, 2.45) is 0 Å². The molecule has 2 N–H and O–H groups in total. The van der Waals surface area contributed by atoms with E-state index in [-0.39, 0.29) is 11.9 Å². The molecule has 1 atom stereocenters. The number of rotatable bonds is 3. The second-order valence-corrected chi connectivity index (χ2v) is 2.87. The third kappa shape index (κ3) is 2.12. The van der Waals surface area contributed by atoms with Crippen LogP contribution in [-0.2, 0) is 0 Å². The maximum absolute atomic E-state index is 11.3. The second kappa shape index (κ2) is 3.95. The molecular weight excluding hydrogens is 152 g/mol. The van der Waals surface area contributed by atoms with Crippen molar-refractivity contribution in [2.75, 3.05) is 0 Å². The van der Waals surface area contributed by atoms with Crippen LogP contribution in [0.25, 0.3) is 0 Å². The van der Waals surface area contributed by atoms with Gasteiger partial charge >= 0.3 is 0 Å². The first-order chi connectivity index (χ1) is 5.74. The molecule has 12 heavy (non-hydrogen) atoms. The fourth-order valence-corrected chi connectivity index (χ4v) is 0.875. The Morgan fingerprint density at radius 2 is 2.50 bits per heavy atom. The van der Waals surface area contributed by atoms with Gasteiger partial charge in [-0.3, -0.25) is 4.79 Å². The molecule has 0 spiro atoms. The minimum atomic E-state index is -0.0330. The van der Waals surface area contributed by atoms with Gasteiger partial charge in [-0.05, 0) is 25.5 Å². The van der Waals surface area contributed by atoms with Gasteiger partial charge in [-0.25, -0.2) is 0 Å². The summed E-state index contributed by atoms with van der Waals surface area (Å²) in [5.74, 6) is -0.0330. The van der Waals surface area contributed by atoms with Crippen LogP contribution in [0.3, 0.4) is 0 Å². The zero-order chi connectivity index (χ0) is 8.97. The van der Waals surface area contributed by atoms with E-state index >= 15 is 0 Å². The fraction of sp³-hybridized carbons (Fsp3) is 0.444. The van der Waals surface area contributed by atoms with Crippen molar-refractivity contribution in [3.05, 3.63) is 24.0 Å². The highest BCUT2D eigenvalue weighted by Gasteiger charge is 2.07. The summed E-state index contributed by atoms with van der Waals surface area (Å²) < 4.78 is 0. The van der Waals surface area contributed by atoms with Crippen LogP contribution >= 0.6 is 0 Å². The van der Waals surface area contributed by atoms with Crippen molar-refractivity contribution < 1.29 is 4.79 Å². The first kappa shape index (κ1) is 8.84. The Morgan fingerprint density at radius 3 is 3.00 bits per heavy atom. The zero-order valence-electron chi connectivity index (χ0n) is 7.42. The van der Waals surface area contributed by atoms with Gasteiger partial charge in [0.1, 0.15) is 5.69 Å². The van der Waals surface area contributed by atoms with Gasteiger partial charge in [0.25, 0.3) is 5.91 Å². The van der Waals surface area contributed by atoms with Crippen LogP contribution in [0.15, 0.2) is 18.3 Å². The van der Waals surface area contributed by atoms with Gasteiger partial charge < -0.3 is 10.3 Å². The van der Waals surface area contributed by atoms with E-state index in [9.17, 15) is 4.79 Å². The predicted molar refractivity (Wildman–Crippen MR) is 48.0 cm³/mol. The van der Waals surface area contributed by atoms with Crippen LogP contribution < -0.4 is 5.32 Å². The molecule has 0 aliphatic rings. The van der Waals surface area contributed by atoms with Crippen molar-refractivity contribution in [1.29, 1.82) is 0 Å². The largest absolute Gasteiger partial charge is 0.357 e. The summed E-state index contributed by atoms with van der Waals surface area (Å²) in [6.45, 7) is 4.03. The molecule has 1 heterocycles. The molecule has 0 radical (unpaired) electrons. The Balaban J connectivity index is 2.50. The second-order valence-electron chi connectivity index (χ2n) is 2.87. The highest BCUT2D eigenvalue weighted by molar-refractivity contribution is 5.92. The van der Waals surface area contributed by atoms with Crippen molar-refractivity contribution >= 4 is 5.91 Å². The van der Waals surface area contributed by atoms with Gasteiger partial charge in [-0.15, -0.1) is 0 Å². The number of nitrogens with one attached hydrogen (secondary N) is 2. The van der Waals surface area contributed by atoms with Crippen LogP contribution in [0, 0.1) is 0 Å². The Morgan fingerprint density at radius 1 is 1.75 bits per heavy atom. The van der Waals surface area contributed by atoms with Crippen LogP contribution in [0.2, 0.25) is 0 Å². The normalized spacial score (nSPS) is 12.5. The monoisotopic (exact) mass is 166 g/mol. The lowest BCUT2D eigenvalue weighted by Gasteiger charge is -2.09. The molecule has 0 fully saturated rings. The lowest BCUT2D eigenvalue weighted by Crippen LogP contribution is -2.32. The summed E-state index contributed by atoms with van der Waals surface area (Å²) in [6, 6.07) is 3.81. The lowest BCUT2D eigenvalue weighted by atomic mass is 10.2. The van der Waals surface area contributed by atoms with E-state index in [4.69, 9.17) is 0 Å². The maximum atomic E-state index is 11.3. The van der Waals surface area contributed by atoms with Gasteiger partial charge in [-0.1, -0.05) is 6.92 Å². The van der Waals surface area contributed by atoms with Gasteiger partial charge in [-0.2, -0.15) is 0 Å². The molecule has 0 bridgehead atoms. The van der Waals surface area contributed by atoms with Crippen molar-refractivity contribution in [2.45, 2.75) is 26.3 Å². The van der Waals surface area contributed by atoms with Crippen LogP contribution in [0.4, 0.5) is 0 Å². The number of H-pyrrole nitrogens is 1. The molecule has 1 aromatic rings. The highest BCUT2D eigenvalue weighted by atomic mass is 16.1. The van der Waals surface area contributed by atoms with E-state index in [0.29, 0.717) is 5.69 Å². The number of hydrogen-bond donors (Lipinski definition) is 2. The predicted octanol–water partition coefficient (Wildman–Crippen LogP) is 1.54. The van der Waals surface area contributed by atoms with Crippen LogP contribution in [0.1, 0.15) is 30.8 Å². The standard InChI is InChI=1S/C9H14N2O/c1-3-7(2)11-9(12)8-5-4-6-10-8/h4-7,10H,3H2,1-2H3,(H,11,12)/t7-/m1/s1. The number of amides is 1. The van der Waals surface area contributed by atoms with Crippen molar-refractivity contribution in [3.63, 3.8) is 0 Å². The maximum Gasteiger partial charge on any atom is 0.267 e. The van der Waals surface area contributed by atoms with Gasteiger partial charge in [0.15, 0.2) is 0 Å². The number of carbonyl (C=O) groups is 1. The first-order valence-corrected chi connectivity index (χ1v) is 4.18. The molecule has 3 heteroatoms. The third-order valence-corrected chi connectivity index (χ3v) is 1.83. The topological polar surface area (TPSA) is 44.9 Å². The fourth-order valence-electron chi connectivity index (χ4n) is 0.875. The van der Waals surface area contributed by atoms with E-state index in [2.05, 4.69) is 10.3 Å². The molecule has 66 valence electrons. The number of carbonyl (C=O) groups excluding carboxylic acids is 1. The van der Waals surface area contributed by atoms with E-state index in [1.807, 2.05) is 19.9 Å². The number of hydrogen-bond acceptors (Lipinski definition) is 1. The summed E-state index contributed by atoms with van der Waals surface area (Å²) >= 11 is 0. The number of aromatic nitrogens is 1. The average Bonchev–Trinajstić information content (AvgIpc) is 2.56. The Labute approximate surface area is 72.2 Å². The Kier molecular flexibility index (Phi) is 2.91. The third-order valence-electron chi connectivity index (χ3n) is 1.83. The molecule has 0 aliphatic heterocycles. The zero-order valence-corrected chi connectivity index (χ0v) is 7.42. The molecule has 0 aliphatic carbocycles. The SMILES string of the molecule is CC[C@@H](C)NC(=O)c1ccc[nH]1. The quantitative estimate of drug-likeness (QED) is 0.703. The molecule has 0 saturated carbocycles. The Hall–Kier alpha value is -1.25. The van der Waals surface area contributed by atoms with E-state index in [1.165, 1.54) is 0 Å². The summed E-state index contributed by atoms with van der Waals surface area (Å²) in [6.07, 6.45) is 2.69. The lowest BCUT2D eigenvalue weighted by molar-refractivity contribution is 0.0935. The highest BCUT2D eigenvalue weighted by Crippen LogP contribution is 1.96. The summed E-state index contributed by atoms with van der Waals surface area (Å²) in [4.78, 5) is 14.2. The van der Waals surface area contributed by atoms with Crippen LogP contribution in [0.5, 0.6) is 0 Å².